The van der Waals surface area contributed by atoms with Crippen LogP contribution in [0, 0.1) is 6.92 Å². The SMILES string of the molecule is Cc1ccc(C(Sc2ncns2)C(C)N)s1. The minimum absolute atomic E-state index is 0.104. The van der Waals surface area contributed by atoms with Crippen molar-refractivity contribution in [2.75, 3.05) is 0 Å². The molecule has 2 aromatic rings. The molecule has 86 valence electrons. The maximum absolute atomic E-state index is 6.04. The van der Waals surface area contributed by atoms with Gasteiger partial charge in [-0.15, -0.1) is 11.3 Å². The van der Waals surface area contributed by atoms with E-state index in [0.717, 1.165) is 4.34 Å². The van der Waals surface area contributed by atoms with Crippen LogP contribution in [0.15, 0.2) is 22.8 Å². The van der Waals surface area contributed by atoms with Crippen molar-refractivity contribution in [3.8, 4) is 0 Å². The van der Waals surface area contributed by atoms with Gasteiger partial charge in [0, 0.05) is 15.8 Å². The van der Waals surface area contributed by atoms with Gasteiger partial charge in [-0.1, -0.05) is 11.8 Å². The van der Waals surface area contributed by atoms with Crippen molar-refractivity contribution in [2.24, 2.45) is 5.73 Å². The number of hydrogen-bond donors (Lipinski definition) is 1. The smallest absolute Gasteiger partial charge is 0.170 e. The molecular formula is C10H13N3S3. The zero-order chi connectivity index (χ0) is 11.5. The fraction of sp³-hybridized carbons (Fsp3) is 0.400. The summed E-state index contributed by atoms with van der Waals surface area (Å²) >= 11 is 4.92. The number of rotatable bonds is 4. The maximum atomic E-state index is 6.04. The lowest BCUT2D eigenvalue weighted by molar-refractivity contribution is 0.729. The highest BCUT2D eigenvalue weighted by Gasteiger charge is 2.20. The number of hydrogen-bond acceptors (Lipinski definition) is 6. The fourth-order valence-corrected chi connectivity index (χ4v) is 4.24. The molecule has 0 aliphatic carbocycles. The van der Waals surface area contributed by atoms with E-state index in [9.17, 15) is 0 Å². The molecule has 2 rings (SSSR count). The normalized spacial score (nSPS) is 14.9. The van der Waals surface area contributed by atoms with Crippen molar-refractivity contribution >= 4 is 34.6 Å². The van der Waals surface area contributed by atoms with E-state index in [1.54, 1.807) is 29.4 Å². The Kier molecular flexibility index (Phi) is 3.96. The molecule has 2 heterocycles. The van der Waals surface area contributed by atoms with Gasteiger partial charge < -0.3 is 5.73 Å². The lowest BCUT2D eigenvalue weighted by Gasteiger charge is -2.17. The molecule has 0 aliphatic rings. The highest BCUT2D eigenvalue weighted by Crippen LogP contribution is 2.40. The summed E-state index contributed by atoms with van der Waals surface area (Å²) in [5, 5.41) is 0.270. The molecule has 2 aromatic heterocycles. The van der Waals surface area contributed by atoms with Gasteiger partial charge in [-0.25, -0.2) is 4.98 Å². The zero-order valence-corrected chi connectivity index (χ0v) is 11.5. The van der Waals surface area contributed by atoms with E-state index >= 15 is 0 Å². The van der Waals surface area contributed by atoms with Crippen LogP contribution in [0.25, 0.3) is 0 Å². The van der Waals surface area contributed by atoms with Crippen molar-refractivity contribution in [1.29, 1.82) is 0 Å². The molecule has 0 bridgehead atoms. The van der Waals surface area contributed by atoms with E-state index in [4.69, 9.17) is 5.73 Å². The molecule has 16 heavy (non-hydrogen) atoms. The van der Waals surface area contributed by atoms with E-state index < -0.39 is 0 Å². The molecule has 0 amide bonds. The lowest BCUT2D eigenvalue weighted by Crippen LogP contribution is -2.21. The van der Waals surface area contributed by atoms with Gasteiger partial charge in [-0.2, -0.15) is 4.37 Å². The van der Waals surface area contributed by atoms with E-state index in [-0.39, 0.29) is 11.3 Å². The van der Waals surface area contributed by atoms with Crippen LogP contribution >= 0.6 is 34.6 Å². The lowest BCUT2D eigenvalue weighted by atomic mass is 10.2. The first-order valence-corrected chi connectivity index (χ1v) is 7.39. The standard InChI is InChI=1S/C10H13N3S3/c1-6-3-4-8(14-6)9(7(2)11)15-10-12-5-13-16-10/h3-5,7,9H,11H2,1-2H3. The molecule has 0 saturated heterocycles. The second-order valence-corrected chi connectivity index (χ2v) is 7.04. The molecular weight excluding hydrogens is 258 g/mol. The van der Waals surface area contributed by atoms with Crippen LogP contribution in [0.1, 0.15) is 21.9 Å². The largest absolute Gasteiger partial charge is 0.327 e. The number of nitrogens with two attached hydrogens (primary N) is 1. The average molecular weight is 271 g/mol. The van der Waals surface area contributed by atoms with Crippen LogP contribution in [-0.2, 0) is 0 Å². The Hall–Kier alpha value is -0.430. The van der Waals surface area contributed by atoms with Crippen LogP contribution in [0.2, 0.25) is 0 Å². The van der Waals surface area contributed by atoms with E-state index in [1.165, 1.54) is 21.3 Å². The fourth-order valence-electron chi connectivity index (χ4n) is 1.35. The monoisotopic (exact) mass is 271 g/mol. The summed E-state index contributed by atoms with van der Waals surface area (Å²) in [4.78, 5) is 6.82. The molecule has 0 fully saturated rings. The Morgan fingerprint density at radius 1 is 1.44 bits per heavy atom. The second-order valence-electron chi connectivity index (χ2n) is 3.55. The first-order chi connectivity index (χ1) is 7.66. The quantitative estimate of drug-likeness (QED) is 0.868. The first-order valence-electron chi connectivity index (χ1n) is 4.92. The Morgan fingerprint density at radius 3 is 2.75 bits per heavy atom. The summed E-state index contributed by atoms with van der Waals surface area (Å²) in [5.41, 5.74) is 6.04. The molecule has 2 unspecified atom stereocenters. The molecule has 0 aromatic carbocycles. The number of nitrogens with zero attached hydrogens (tertiary/aromatic N) is 2. The number of aromatic nitrogens is 2. The van der Waals surface area contributed by atoms with Crippen molar-refractivity contribution in [2.45, 2.75) is 29.5 Å². The minimum Gasteiger partial charge on any atom is -0.327 e. The van der Waals surface area contributed by atoms with Crippen molar-refractivity contribution < 1.29 is 0 Å². The highest BCUT2D eigenvalue weighted by atomic mass is 32.2. The van der Waals surface area contributed by atoms with Gasteiger partial charge >= 0.3 is 0 Å². The van der Waals surface area contributed by atoms with Crippen molar-refractivity contribution in [1.82, 2.24) is 9.36 Å². The van der Waals surface area contributed by atoms with Crippen LogP contribution in [-0.4, -0.2) is 15.4 Å². The number of thiophene rings is 1. The van der Waals surface area contributed by atoms with Crippen LogP contribution < -0.4 is 5.73 Å². The van der Waals surface area contributed by atoms with Crippen molar-refractivity contribution in [3.63, 3.8) is 0 Å². The minimum atomic E-state index is 0.104. The maximum Gasteiger partial charge on any atom is 0.170 e. The van der Waals surface area contributed by atoms with E-state index in [1.807, 2.05) is 6.92 Å². The Labute approximate surface area is 107 Å². The predicted molar refractivity (Wildman–Crippen MR) is 71.2 cm³/mol. The van der Waals surface area contributed by atoms with Gasteiger partial charge in [0.15, 0.2) is 4.34 Å². The highest BCUT2D eigenvalue weighted by molar-refractivity contribution is 8.01. The summed E-state index contributed by atoms with van der Waals surface area (Å²) in [6.45, 7) is 4.15. The molecule has 0 radical (unpaired) electrons. The second kappa shape index (κ2) is 5.27. The average Bonchev–Trinajstić information content (AvgIpc) is 2.84. The van der Waals surface area contributed by atoms with Crippen LogP contribution in [0.3, 0.4) is 0 Å². The Balaban J connectivity index is 2.18. The van der Waals surface area contributed by atoms with Gasteiger partial charge in [0.05, 0.1) is 5.25 Å². The molecule has 6 heteroatoms. The summed E-state index contributed by atoms with van der Waals surface area (Å²) in [5.74, 6) is 0. The molecule has 0 saturated carbocycles. The van der Waals surface area contributed by atoms with Gasteiger partial charge in [-0.3, -0.25) is 0 Å². The van der Waals surface area contributed by atoms with Crippen LogP contribution in [0.5, 0.6) is 0 Å². The Morgan fingerprint density at radius 2 is 2.25 bits per heavy atom. The zero-order valence-electron chi connectivity index (χ0n) is 9.08. The molecule has 2 atom stereocenters. The molecule has 3 nitrogen and oxygen atoms in total. The first kappa shape index (κ1) is 12.0. The third-order valence-electron chi connectivity index (χ3n) is 2.09. The van der Waals surface area contributed by atoms with E-state index in [2.05, 4.69) is 28.4 Å². The predicted octanol–water partition coefficient (Wildman–Crippen LogP) is 3.09. The van der Waals surface area contributed by atoms with Crippen LogP contribution in [0.4, 0.5) is 0 Å². The molecule has 0 aliphatic heterocycles. The van der Waals surface area contributed by atoms with Gasteiger partial charge in [0.1, 0.15) is 6.33 Å². The third kappa shape index (κ3) is 2.82. The third-order valence-corrected chi connectivity index (χ3v) is 5.54. The summed E-state index contributed by atoms with van der Waals surface area (Å²) < 4.78 is 4.99. The van der Waals surface area contributed by atoms with E-state index in [0.29, 0.717) is 0 Å². The van der Waals surface area contributed by atoms with Gasteiger partial charge in [-0.05, 0) is 37.5 Å². The molecule has 2 N–H and O–H groups in total. The van der Waals surface area contributed by atoms with Gasteiger partial charge in [0.25, 0.3) is 0 Å². The van der Waals surface area contributed by atoms with Crippen molar-refractivity contribution in [3.05, 3.63) is 28.2 Å². The number of thioether (sulfide) groups is 1. The summed E-state index contributed by atoms with van der Waals surface area (Å²) in [7, 11) is 0. The summed E-state index contributed by atoms with van der Waals surface area (Å²) in [6.07, 6.45) is 1.59. The topological polar surface area (TPSA) is 51.8 Å². The number of aryl methyl sites for hydroxylation is 1. The molecule has 0 spiro atoms. The van der Waals surface area contributed by atoms with Gasteiger partial charge in [0.2, 0.25) is 0 Å². The Bertz CT molecular complexity index is 436. The summed E-state index contributed by atoms with van der Waals surface area (Å²) in [6, 6.07) is 4.39.